The summed E-state index contributed by atoms with van der Waals surface area (Å²) in [7, 11) is 0. The third kappa shape index (κ3) is 2.51. The Balaban J connectivity index is 1.41. The summed E-state index contributed by atoms with van der Waals surface area (Å²) in [4.78, 5) is 12.3. The monoisotopic (exact) mass is 326 g/mol. The van der Waals surface area contributed by atoms with Gasteiger partial charge >= 0.3 is 5.97 Å². The van der Waals surface area contributed by atoms with Gasteiger partial charge in [0.15, 0.2) is 18.2 Å². The minimum atomic E-state index is -0.493. The van der Waals surface area contributed by atoms with Gasteiger partial charge in [0, 0.05) is 12.8 Å². The molecule has 6 heteroatoms. The average Bonchev–Trinajstić information content (AvgIpc) is 3.25. The molecule has 0 aromatic heterocycles. The van der Waals surface area contributed by atoms with E-state index in [0.717, 1.165) is 32.1 Å². The van der Waals surface area contributed by atoms with Crippen molar-refractivity contribution in [3.05, 3.63) is 0 Å². The molecule has 4 fully saturated rings. The van der Waals surface area contributed by atoms with Crippen molar-refractivity contribution >= 4 is 5.97 Å². The lowest BCUT2D eigenvalue weighted by Gasteiger charge is -2.27. The first-order valence-corrected chi connectivity index (χ1v) is 8.78. The molecule has 5 atom stereocenters. The van der Waals surface area contributed by atoms with Gasteiger partial charge in [-0.05, 0) is 33.1 Å². The maximum Gasteiger partial charge on any atom is 0.311 e. The lowest BCUT2D eigenvalue weighted by atomic mass is 9.90. The van der Waals surface area contributed by atoms with Gasteiger partial charge in [0.1, 0.15) is 18.3 Å². The largest absolute Gasteiger partial charge is 0.457 e. The molecule has 3 aliphatic heterocycles. The Labute approximate surface area is 136 Å². The number of rotatable bonds is 3. The third-order valence-corrected chi connectivity index (χ3v) is 5.77. The topological polar surface area (TPSA) is 63.2 Å². The minimum absolute atomic E-state index is 0.205. The van der Waals surface area contributed by atoms with Crippen molar-refractivity contribution in [2.45, 2.75) is 89.4 Å². The molecule has 0 amide bonds. The van der Waals surface area contributed by atoms with Gasteiger partial charge in [-0.25, -0.2) is 0 Å². The van der Waals surface area contributed by atoms with E-state index in [0.29, 0.717) is 6.61 Å². The Hall–Kier alpha value is -0.690. The minimum Gasteiger partial charge on any atom is -0.457 e. The fourth-order valence-corrected chi connectivity index (χ4v) is 3.84. The molecule has 3 heterocycles. The van der Waals surface area contributed by atoms with Gasteiger partial charge in [0.05, 0.1) is 12.0 Å². The van der Waals surface area contributed by atoms with Gasteiger partial charge in [0.25, 0.3) is 0 Å². The Morgan fingerprint density at radius 2 is 1.91 bits per heavy atom. The van der Waals surface area contributed by atoms with Crippen LogP contribution in [0.5, 0.6) is 0 Å². The zero-order chi connectivity index (χ0) is 16.2. The Morgan fingerprint density at radius 3 is 2.61 bits per heavy atom. The van der Waals surface area contributed by atoms with Gasteiger partial charge in [-0.2, -0.15) is 0 Å². The SMILES string of the molecule is CCC(C)(C)C(=O)OC1COC2C1OC1OC3(CCCC3)OC12. The van der Waals surface area contributed by atoms with E-state index in [1.807, 2.05) is 20.8 Å². The molecule has 0 radical (unpaired) electrons. The van der Waals surface area contributed by atoms with Crippen LogP contribution >= 0.6 is 0 Å². The molecule has 3 saturated heterocycles. The van der Waals surface area contributed by atoms with Gasteiger partial charge in [-0.15, -0.1) is 0 Å². The maximum atomic E-state index is 12.3. The summed E-state index contributed by atoms with van der Waals surface area (Å²) in [6.45, 7) is 6.13. The molecule has 5 unspecified atom stereocenters. The van der Waals surface area contributed by atoms with Crippen LogP contribution in [0, 0.1) is 5.41 Å². The second-order valence-corrected chi connectivity index (χ2v) is 7.77. The third-order valence-electron chi connectivity index (χ3n) is 5.77. The van der Waals surface area contributed by atoms with E-state index in [4.69, 9.17) is 23.7 Å². The lowest BCUT2D eigenvalue weighted by Crippen LogP contribution is -2.39. The predicted molar refractivity (Wildman–Crippen MR) is 79.5 cm³/mol. The van der Waals surface area contributed by atoms with Crippen LogP contribution in [0.15, 0.2) is 0 Å². The van der Waals surface area contributed by atoms with Crippen molar-refractivity contribution in [1.29, 1.82) is 0 Å². The lowest BCUT2D eigenvalue weighted by molar-refractivity contribution is -0.231. The Bertz CT molecular complexity index is 483. The second-order valence-electron chi connectivity index (χ2n) is 7.77. The predicted octanol–water partition coefficient (Wildman–Crippen LogP) is 2.14. The molecule has 1 saturated carbocycles. The molecule has 1 aliphatic carbocycles. The van der Waals surface area contributed by atoms with Crippen LogP contribution in [-0.4, -0.2) is 49.1 Å². The first kappa shape index (κ1) is 15.8. The molecule has 0 aromatic rings. The van der Waals surface area contributed by atoms with Crippen LogP contribution in [0.3, 0.4) is 0 Å². The summed E-state index contributed by atoms with van der Waals surface area (Å²) in [6, 6.07) is 0. The van der Waals surface area contributed by atoms with Crippen molar-refractivity contribution < 1.29 is 28.5 Å². The van der Waals surface area contributed by atoms with E-state index in [1.165, 1.54) is 0 Å². The van der Waals surface area contributed by atoms with Gasteiger partial charge < -0.3 is 23.7 Å². The van der Waals surface area contributed by atoms with Crippen LogP contribution in [0.2, 0.25) is 0 Å². The molecule has 0 bridgehead atoms. The second kappa shape index (κ2) is 5.41. The number of hydrogen-bond acceptors (Lipinski definition) is 6. The highest BCUT2D eigenvalue weighted by molar-refractivity contribution is 5.76. The molecular formula is C17H26O6. The van der Waals surface area contributed by atoms with Crippen LogP contribution < -0.4 is 0 Å². The van der Waals surface area contributed by atoms with Gasteiger partial charge in [-0.1, -0.05) is 6.92 Å². The molecule has 1 spiro atoms. The highest BCUT2D eigenvalue weighted by atomic mass is 16.8. The molecule has 0 N–H and O–H groups in total. The highest BCUT2D eigenvalue weighted by Gasteiger charge is 2.63. The van der Waals surface area contributed by atoms with Crippen molar-refractivity contribution in [2.75, 3.05) is 6.61 Å². The zero-order valence-corrected chi connectivity index (χ0v) is 14.1. The molecule has 130 valence electrons. The summed E-state index contributed by atoms with van der Waals surface area (Å²) in [5.74, 6) is -0.674. The normalized spacial score (nSPS) is 41.3. The summed E-state index contributed by atoms with van der Waals surface area (Å²) in [6.07, 6.45) is 3.34. The number of carbonyl (C=O) groups excluding carboxylic acids is 1. The van der Waals surface area contributed by atoms with Crippen LogP contribution in [0.1, 0.15) is 52.9 Å². The van der Waals surface area contributed by atoms with Crippen LogP contribution in [-0.2, 0) is 28.5 Å². The highest BCUT2D eigenvalue weighted by Crippen LogP contribution is 2.48. The average molecular weight is 326 g/mol. The van der Waals surface area contributed by atoms with Crippen molar-refractivity contribution in [1.82, 2.24) is 0 Å². The van der Waals surface area contributed by atoms with E-state index in [1.54, 1.807) is 0 Å². The van der Waals surface area contributed by atoms with E-state index < -0.39 is 17.5 Å². The summed E-state index contributed by atoms with van der Waals surface area (Å²) in [5.41, 5.74) is -0.493. The van der Waals surface area contributed by atoms with E-state index in [9.17, 15) is 4.79 Å². The van der Waals surface area contributed by atoms with Crippen LogP contribution in [0.25, 0.3) is 0 Å². The fourth-order valence-electron chi connectivity index (χ4n) is 3.84. The number of esters is 1. The fraction of sp³-hybridized carbons (Fsp3) is 0.941. The maximum absolute atomic E-state index is 12.3. The van der Waals surface area contributed by atoms with Gasteiger partial charge in [-0.3, -0.25) is 4.79 Å². The summed E-state index contributed by atoms with van der Waals surface area (Å²) in [5, 5.41) is 0. The quantitative estimate of drug-likeness (QED) is 0.741. The Morgan fingerprint density at radius 1 is 1.17 bits per heavy atom. The van der Waals surface area contributed by atoms with Gasteiger partial charge in [0.2, 0.25) is 0 Å². The number of carbonyl (C=O) groups is 1. The molecular weight excluding hydrogens is 300 g/mol. The molecule has 6 nitrogen and oxygen atoms in total. The zero-order valence-electron chi connectivity index (χ0n) is 14.1. The first-order valence-electron chi connectivity index (χ1n) is 8.78. The van der Waals surface area contributed by atoms with E-state index >= 15 is 0 Å². The van der Waals surface area contributed by atoms with E-state index in [-0.39, 0.29) is 30.4 Å². The van der Waals surface area contributed by atoms with Crippen molar-refractivity contribution in [3.63, 3.8) is 0 Å². The molecule has 4 rings (SSSR count). The van der Waals surface area contributed by atoms with Crippen molar-refractivity contribution in [2.24, 2.45) is 5.41 Å². The molecule has 23 heavy (non-hydrogen) atoms. The van der Waals surface area contributed by atoms with Crippen LogP contribution in [0.4, 0.5) is 0 Å². The molecule has 4 aliphatic rings. The summed E-state index contributed by atoms with van der Waals surface area (Å²) < 4.78 is 29.7. The smallest absolute Gasteiger partial charge is 0.311 e. The Kier molecular flexibility index (Phi) is 3.72. The summed E-state index contributed by atoms with van der Waals surface area (Å²) >= 11 is 0. The molecule has 0 aromatic carbocycles. The van der Waals surface area contributed by atoms with Crippen molar-refractivity contribution in [3.8, 4) is 0 Å². The number of fused-ring (bicyclic) bond motifs is 3. The van der Waals surface area contributed by atoms with E-state index in [2.05, 4.69) is 0 Å². The number of ether oxygens (including phenoxy) is 5. The standard InChI is InChI=1S/C17H26O6/c1-4-16(2,3)15(18)20-10-9-19-12-11(10)21-14-13(12)22-17(23-14)7-5-6-8-17/h10-14H,4-9H2,1-3H3. The first-order chi connectivity index (χ1) is 10.9. The number of hydrogen-bond donors (Lipinski definition) is 0.